The van der Waals surface area contributed by atoms with Crippen LogP contribution in [0.5, 0.6) is 0 Å². The minimum atomic E-state index is -0.389. The van der Waals surface area contributed by atoms with Gasteiger partial charge in [0.25, 0.3) is 0 Å². The molecule has 468 valence electrons. The lowest BCUT2D eigenvalue weighted by Gasteiger charge is -2.18. The van der Waals surface area contributed by atoms with Gasteiger partial charge in [0.05, 0.1) is 13.7 Å². The van der Waals surface area contributed by atoms with Crippen LogP contribution in [-0.2, 0) is 0 Å². The molecule has 0 heterocycles. The van der Waals surface area contributed by atoms with Crippen molar-refractivity contribution in [3.8, 4) is 100 Å². The van der Waals surface area contributed by atoms with Crippen LogP contribution < -0.4 is 0 Å². The number of rotatable bonds is 9. The molecular formula is C100H68. The summed E-state index contributed by atoms with van der Waals surface area (Å²) in [7, 11) is 0. The summed E-state index contributed by atoms with van der Waals surface area (Å²) in [4.78, 5) is 0. The maximum Gasteiger partial charge on any atom is 0.0629 e. The molecule has 0 unspecified atom stereocenters. The molecule has 0 radical (unpaired) electrons. The summed E-state index contributed by atoms with van der Waals surface area (Å²) >= 11 is 0. The summed E-state index contributed by atoms with van der Waals surface area (Å²) in [5, 5.41) is 14.8. The monoisotopic (exact) mass is 1280 g/mol. The van der Waals surface area contributed by atoms with Gasteiger partial charge in [-0.2, -0.15) is 0 Å². The average molecular weight is 1280 g/mol. The molecule has 0 bridgehead atoms. The van der Waals surface area contributed by atoms with Gasteiger partial charge in [-0.3, -0.25) is 0 Å². The lowest BCUT2D eigenvalue weighted by Crippen LogP contribution is -1.91. The van der Waals surface area contributed by atoms with Gasteiger partial charge < -0.3 is 0 Å². The first-order valence-corrected chi connectivity index (χ1v) is 33.7. The standard InChI is InChI=1S/C36H24.2C32H22/c1-2-12-27(13-3-1)35-31-16-6-8-18-33(31)36(34-19-9-7-17-32(34)35)28-23-21-26(22-24-28)30-20-10-14-25-11-4-5-15-29(25)30;1-3-12-23(13-4-1)25-16-11-17-26(22-25)32-29-20-9-7-18-27(29)31(24-14-5-2-6-15-24)28-19-8-10-21-30(28)32;1-3-11-23(12-4-1)24-19-21-26(22-20-24)32-29-17-9-7-15-27(29)31(25-13-5-2-6-14-25)28-16-8-10-18-30(28)32/h1-24H;2*1-22H/i1D,2D,3D,12D,13D;;2D,5D,6D,13D,14D. The molecule has 0 aliphatic carbocycles. The Hall–Kier alpha value is -13.0. The SMILES string of the molecule is [2H]c1c([2H])c([2H])c(-c2c3ccccc3c(-c3ccc(-c4cccc5ccccc45)cc3)c3ccccc23)c([2H])c1[2H].[2H]c1c([2H])c([2H])c(-c2c3ccccc3c(-c3ccc(-c4ccccc4)cc3)c3ccccc23)c([2H])c1[2H].c1ccc(-c2cccc(-c3c4ccccc4c(-c4ccccc4)c4ccccc34)c2)cc1. The second-order valence-electron chi connectivity index (χ2n) is 24.9. The van der Waals surface area contributed by atoms with E-state index < -0.39 is 0 Å². The highest BCUT2D eigenvalue weighted by molar-refractivity contribution is 6.24. The van der Waals surface area contributed by atoms with Crippen LogP contribution in [0.3, 0.4) is 0 Å². The minimum Gasteiger partial charge on any atom is -0.0622 e. The van der Waals surface area contributed by atoms with Crippen LogP contribution in [-0.4, -0.2) is 0 Å². The maximum atomic E-state index is 8.73. The van der Waals surface area contributed by atoms with Gasteiger partial charge in [0.1, 0.15) is 0 Å². The Kier molecular flexibility index (Phi) is 13.7. The van der Waals surface area contributed by atoms with E-state index in [1.165, 1.54) is 71.3 Å². The van der Waals surface area contributed by atoms with Crippen molar-refractivity contribution < 1.29 is 13.7 Å². The molecule has 0 aromatic heterocycles. The smallest absolute Gasteiger partial charge is 0.0622 e. The van der Waals surface area contributed by atoms with Crippen LogP contribution in [0.1, 0.15) is 13.7 Å². The van der Waals surface area contributed by atoms with Crippen LogP contribution >= 0.6 is 0 Å². The van der Waals surface area contributed by atoms with E-state index in [1.807, 2.05) is 103 Å². The van der Waals surface area contributed by atoms with Gasteiger partial charge in [0, 0.05) is 0 Å². The van der Waals surface area contributed by atoms with Crippen LogP contribution in [0.15, 0.2) is 412 Å². The number of fused-ring (bicyclic) bond motifs is 7. The van der Waals surface area contributed by atoms with Gasteiger partial charge >= 0.3 is 0 Å². The fraction of sp³-hybridized carbons (Fsp3) is 0. The predicted molar refractivity (Wildman–Crippen MR) is 431 cm³/mol. The normalized spacial score (nSPS) is 12.6. The van der Waals surface area contributed by atoms with Crippen molar-refractivity contribution in [2.75, 3.05) is 0 Å². The van der Waals surface area contributed by atoms with Crippen LogP contribution in [0.2, 0.25) is 0 Å². The highest BCUT2D eigenvalue weighted by Crippen LogP contribution is 2.48. The zero-order chi connectivity index (χ0) is 75.3. The van der Waals surface area contributed by atoms with Crippen LogP contribution in [0, 0.1) is 0 Å². The van der Waals surface area contributed by atoms with Crippen LogP contribution in [0.25, 0.3) is 176 Å². The predicted octanol–water partition coefficient (Wildman–Crippen LogP) is 28.1. The molecule has 0 heteroatoms. The third-order valence-electron chi connectivity index (χ3n) is 19.2. The van der Waals surface area contributed by atoms with Gasteiger partial charge in [-0.15, -0.1) is 0 Å². The Morgan fingerprint density at radius 3 is 0.750 bits per heavy atom. The fourth-order valence-corrected chi connectivity index (χ4v) is 14.8. The number of hydrogen-bond donors (Lipinski definition) is 0. The summed E-state index contributed by atoms with van der Waals surface area (Å²) in [6.45, 7) is 0. The van der Waals surface area contributed by atoms with Crippen molar-refractivity contribution in [2.45, 2.75) is 0 Å². The zero-order valence-electron chi connectivity index (χ0n) is 64.5. The Bertz CT molecular complexity index is 6570. The van der Waals surface area contributed by atoms with Gasteiger partial charge in [0.15, 0.2) is 0 Å². The molecule has 0 saturated heterocycles. The molecule has 0 spiro atoms. The van der Waals surface area contributed by atoms with E-state index in [4.69, 9.17) is 13.7 Å². The van der Waals surface area contributed by atoms with Crippen molar-refractivity contribution >= 4 is 75.4 Å². The van der Waals surface area contributed by atoms with E-state index in [0.29, 0.717) is 11.1 Å². The largest absolute Gasteiger partial charge is 0.0629 e. The van der Waals surface area contributed by atoms with Crippen molar-refractivity contribution in [1.82, 2.24) is 0 Å². The Morgan fingerprint density at radius 1 is 0.140 bits per heavy atom. The lowest BCUT2D eigenvalue weighted by atomic mass is 9.85. The van der Waals surface area contributed by atoms with E-state index in [9.17, 15) is 0 Å². The summed E-state index contributed by atoms with van der Waals surface area (Å²) in [5.74, 6) is 0. The average Bonchev–Trinajstić information content (AvgIpc) is 0.734. The van der Waals surface area contributed by atoms with Crippen molar-refractivity contribution in [2.24, 2.45) is 0 Å². The van der Waals surface area contributed by atoms with Crippen molar-refractivity contribution in [1.29, 1.82) is 0 Å². The molecule has 0 amide bonds. The van der Waals surface area contributed by atoms with E-state index in [1.54, 1.807) is 0 Å². The first-order valence-electron chi connectivity index (χ1n) is 38.7. The summed E-state index contributed by atoms with van der Waals surface area (Å²) in [5.41, 5.74) is 18.2. The quantitative estimate of drug-likeness (QED) is 0.126. The summed E-state index contributed by atoms with van der Waals surface area (Å²) in [6.07, 6.45) is 0. The molecule has 100 heavy (non-hydrogen) atoms. The lowest BCUT2D eigenvalue weighted by molar-refractivity contribution is 1.61. The van der Waals surface area contributed by atoms with E-state index in [2.05, 4.69) is 249 Å². The van der Waals surface area contributed by atoms with Gasteiger partial charge in [-0.25, -0.2) is 0 Å². The minimum absolute atomic E-state index is 0.193. The third-order valence-corrected chi connectivity index (χ3v) is 19.2. The molecule has 19 aromatic carbocycles. The Morgan fingerprint density at radius 2 is 0.370 bits per heavy atom. The molecule has 19 rings (SSSR count). The van der Waals surface area contributed by atoms with Gasteiger partial charge in [-0.05, 0) is 182 Å². The van der Waals surface area contributed by atoms with Gasteiger partial charge in [-0.1, -0.05) is 406 Å². The topological polar surface area (TPSA) is 0 Å². The zero-order valence-corrected chi connectivity index (χ0v) is 54.5. The van der Waals surface area contributed by atoms with E-state index in [-0.39, 0.29) is 71.6 Å². The van der Waals surface area contributed by atoms with Crippen molar-refractivity contribution in [3.63, 3.8) is 0 Å². The van der Waals surface area contributed by atoms with Gasteiger partial charge in [0.2, 0.25) is 0 Å². The molecule has 0 aliphatic heterocycles. The first kappa shape index (κ1) is 50.4. The van der Waals surface area contributed by atoms with Crippen molar-refractivity contribution in [3.05, 3.63) is 412 Å². The second kappa shape index (κ2) is 27.3. The first-order chi connectivity index (χ1) is 53.8. The highest BCUT2D eigenvalue weighted by atomic mass is 14.2. The molecule has 0 aliphatic rings. The molecule has 0 saturated carbocycles. The summed E-state index contributed by atoms with van der Waals surface area (Å²) < 4.78 is 84.1. The number of hydrogen-bond acceptors (Lipinski definition) is 0. The Labute approximate surface area is 598 Å². The molecule has 0 fully saturated rings. The van der Waals surface area contributed by atoms with E-state index >= 15 is 0 Å². The fourth-order valence-electron chi connectivity index (χ4n) is 14.8. The maximum absolute atomic E-state index is 8.73. The molecule has 0 nitrogen and oxygen atoms in total. The molecule has 0 atom stereocenters. The molecule has 19 aromatic rings. The van der Waals surface area contributed by atoms with Crippen LogP contribution in [0.4, 0.5) is 0 Å². The van der Waals surface area contributed by atoms with E-state index in [0.717, 1.165) is 82.0 Å². The summed E-state index contributed by atoms with van der Waals surface area (Å²) in [6, 6.07) is 119. The highest BCUT2D eigenvalue weighted by Gasteiger charge is 2.20. The Balaban J connectivity index is 0.000000121. The molecule has 0 N–H and O–H groups in total. The third kappa shape index (κ3) is 11.5. The second-order valence-corrected chi connectivity index (χ2v) is 24.9. The number of benzene rings is 19. The molecular weight excluding hydrogens is 1200 g/mol.